The number of carbonyl (C=O) groups is 3. The average Bonchev–Trinajstić information content (AvgIpc) is 2.84. The summed E-state index contributed by atoms with van der Waals surface area (Å²) >= 11 is 4.35. The third kappa shape index (κ3) is 8.71. The molecule has 1 fully saturated rings. The van der Waals surface area contributed by atoms with E-state index in [-0.39, 0.29) is 29.7 Å². The van der Waals surface area contributed by atoms with Crippen molar-refractivity contribution in [3.05, 3.63) is 35.4 Å². The standard InChI is InChI=1S/C28H45N3O4S/c1-7-19(3)31(26(33)23(18-36)30-27(34)35-28(4,5)6)24(21-16-14-20(8-2)15-17-21)25(32)29-22-12-10-9-11-13-22/h14-17,19,22-24,36H,7-13,18H2,1-6H3,(H,29,32)(H,30,34). The average molecular weight is 520 g/mol. The first-order valence-corrected chi connectivity index (χ1v) is 14.0. The quantitative estimate of drug-likeness (QED) is 0.371. The van der Waals surface area contributed by atoms with Crippen LogP contribution in [-0.4, -0.2) is 52.3 Å². The Kier molecular flexibility index (Phi) is 11.6. The van der Waals surface area contributed by atoms with Gasteiger partial charge in [-0.3, -0.25) is 9.59 Å². The van der Waals surface area contributed by atoms with Gasteiger partial charge >= 0.3 is 6.09 Å². The van der Waals surface area contributed by atoms with Crippen LogP contribution in [-0.2, 0) is 20.7 Å². The minimum absolute atomic E-state index is 0.0801. The van der Waals surface area contributed by atoms with E-state index in [1.54, 1.807) is 25.7 Å². The number of rotatable bonds is 10. The number of hydrogen-bond donors (Lipinski definition) is 3. The van der Waals surface area contributed by atoms with Gasteiger partial charge in [0.2, 0.25) is 11.8 Å². The van der Waals surface area contributed by atoms with E-state index >= 15 is 0 Å². The van der Waals surface area contributed by atoms with Crippen molar-refractivity contribution in [3.63, 3.8) is 0 Å². The summed E-state index contributed by atoms with van der Waals surface area (Å²) in [7, 11) is 0. The van der Waals surface area contributed by atoms with E-state index in [1.165, 1.54) is 6.42 Å². The van der Waals surface area contributed by atoms with E-state index in [9.17, 15) is 14.4 Å². The smallest absolute Gasteiger partial charge is 0.408 e. The highest BCUT2D eigenvalue weighted by Gasteiger charge is 2.38. The molecule has 0 aliphatic heterocycles. The molecule has 1 aliphatic rings. The van der Waals surface area contributed by atoms with Gasteiger partial charge in [-0.15, -0.1) is 0 Å². The number of benzene rings is 1. The molecule has 2 rings (SSSR count). The molecule has 3 unspecified atom stereocenters. The minimum Gasteiger partial charge on any atom is -0.444 e. The number of aryl methyl sites for hydroxylation is 1. The maximum Gasteiger partial charge on any atom is 0.408 e. The van der Waals surface area contributed by atoms with Crippen molar-refractivity contribution < 1.29 is 19.1 Å². The second-order valence-electron chi connectivity index (χ2n) is 10.7. The van der Waals surface area contributed by atoms with Gasteiger partial charge in [-0.25, -0.2) is 4.79 Å². The number of nitrogens with one attached hydrogen (secondary N) is 2. The van der Waals surface area contributed by atoms with Gasteiger partial charge < -0.3 is 20.3 Å². The molecule has 0 aromatic heterocycles. The molecule has 1 saturated carbocycles. The molecule has 1 aromatic rings. The van der Waals surface area contributed by atoms with E-state index in [4.69, 9.17) is 4.74 Å². The normalized spacial score (nSPS) is 17.0. The molecule has 0 radical (unpaired) electrons. The van der Waals surface area contributed by atoms with Crippen LogP contribution in [0.15, 0.2) is 24.3 Å². The Morgan fingerprint density at radius 1 is 1.08 bits per heavy atom. The molecule has 1 aromatic carbocycles. The van der Waals surface area contributed by atoms with Crippen molar-refractivity contribution in [1.29, 1.82) is 0 Å². The van der Waals surface area contributed by atoms with E-state index < -0.39 is 23.8 Å². The van der Waals surface area contributed by atoms with Crippen LogP contribution in [0.5, 0.6) is 0 Å². The maximum absolute atomic E-state index is 13.9. The van der Waals surface area contributed by atoms with Gasteiger partial charge in [0.1, 0.15) is 17.7 Å². The van der Waals surface area contributed by atoms with E-state index in [2.05, 4.69) is 30.2 Å². The lowest BCUT2D eigenvalue weighted by Crippen LogP contribution is -2.56. The predicted octanol–water partition coefficient (Wildman–Crippen LogP) is 5.19. The molecule has 202 valence electrons. The summed E-state index contributed by atoms with van der Waals surface area (Å²) in [6.45, 7) is 11.3. The van der Waals surface area contributed by atoms with Gasteiger partial charge in [0.05, 0.1) is 0 Å². The zero-order valence-electron chi connectivity index (χ0n) is 22.8. The summed E-state index contributed by atoms with van der Waals surface area (Å²) in [4.78, 5) is 41.9. The Labute approximate surface area is 222 Å². The summed E-state index contributed by atoms with van der Waals surface area (Å²) in [5.74, 6) is -0.458. The first kappa shape index (κ1) is 30.0. The third-order valence-corrected chi connectivity index (χ3v) is 7.04. The SMILES string of the molecule is CCc1ccc(C(C(=O)NC2CCCCC2)N(C(=O)C(CS)NC(=O)OC(C)(C)C)C(C)CC)cc1. The molecular weight excluding hydrogens is 474 g/mol. The highest BCUT2D eigenvalue weighted by Crippen LogP contribution is 2.28. The maximum atomic E-state index is 13.9. The monoisotopic (exact) mass is 519 g/mol. The molecule has 0 heterocycles. The topological polar surface area (TPSA) is 87.7 Å². The number of nitrogens with zero attached hydrogens (tertiary/aromatic N) is 1. The molecule has 0 spiro atoms. The molecule has 0 bridgehead atoms. The van der Waals surface area contributed by atoms with Gasteiger partial charge in [0, 0.05) is 17.8 Å². The summed E-state index contributed by atoms with van der Waals surface area (Å²) in [5.41, 5.74) is 1.21. The van der Waals surface area contributed by atoms with E-state index in [0.29, 0.717) is 6.42 Å². The fourth-order valence-electron chi connectivity index (χ4n) is 4.51. The lowest BCUT2D eigenvalue weighted by Gasteiger charge is -2.39. The Morgan fingerprint density at radius 2 is 1.69 bits per heavy atom. The van der Waals surface area contributed by atoms with E-state index in [1.807, 2.05) is 38.1 Å². The summed E-state index contributed by atoms with van der Waals surface area (Å²) in [5, 5.41) is 5.89. The number of hydrogen-bond acceptors (Lipinski definition) is 5. The van der Waals surface area contributed by atoms with Crippen LogP contribution in [0.3, 0.4) is 0 Å². The van der Waals surface area contributed by atoms with Crippen molar-refractivity contribution in [3.8, 4) is 0 Å². The van der Waals surface area contributed by atoms with Crippen LogP contribution < -0.4 is 10.6 Å². The van der Waals surface area contributed by atoms with Crippen molar-refractivity contribution in [2.45, 2.75) is 116 Å². The Bertz CT molecular complexity index is 863. The van der Waals surface area contributed by atoms with Crippen LogP contribution in [0.4, 0.5) is 4.79 Å². The van der Waals surface area contributed by atoms with Crippen LogP contribution >= 0.6 is 12.6 Å². The molecule has 0 saturated heterocycles. The summed E-state index contributed by atoms with van der Waals surface area (Å²) in [6.07, 6.45) is 6.12. The van der Waals surface area contributed by atoms with Crippen LogP contribution in [0.2, 0.25) is 0 Å². The molecule has 3 amide bonds. The Hall–Kier alpha value is -2.22. The van der Waals surface area contributed by atoms with Gasteiger partial charge in [-0.2, -0.15) is 12.6 Å². The van der Waals surface area contributed by atoms with Gasteiger partial charge in [0.15, 0.2) is 0 Å². The lowest BCUT2D eigenvalue weighted by atomic mass is 9.94. The molecule has 1 aliphatic carbocycles. The summed E-state index contributed by atoms with van der Waals surface area (Å²) < 4.78 is 5.37. The van der Waals surface area contributed by atoms with Gasteiger partial charge in [-0.1, -0.05) is 57.4 Å². The van der Waals surface area contributed by atoms with Crippen molar-refractivity contribution in [1.82, 2.24) is 15.5 Å². The molecular formula is C28H45N3O4S. The fourth-order valence-corrected chi connectivity index (χ4v) is 4.76. The van der Waals surface area contributed by atoms with E-state index in [0.717, 1.165) is 43.2 Å². The number of thiol groups is 1. The van der Waals surface area contributed by atoms with Crippen molar-refractivity contribution >= 4 is 30.5 Å². The molecule has 3 atom stereocenters. The van der Waals surface area contributed by atoms with Gasteiger partial charge in [-0.05, 0) is 64.5 Å². The van der Waals surface area contributed by atoms with Crippen molar-refractivity contribution in [2.75, 3.05) is 5.75 Å². The second kappa shape index (κ2) is 13.9. The first-order valence-electron chi connectivity index (χ1n) is 13.3. The molecule has 8 heteroatoms. The third-order valence-electron chi connectivity index (χ3n) is 6.67. The van der Waals surface area contributed by atoms with Crippen molar-refractivity contribution in [2.24, 2.45) is 0 Å². The summed E-state index contributed by atoms with van der Waals surface area (Å²) in [6, 6.07) is 5.99. The zero-order valence-corrected chi connectivity index (χ0v) is 23.7. The van der Waals surface area contributed by atoms with Crippen LogP contribution in [0, 0.1) is 0 Å². The molecule has 2 N–H and O–H groups in total. The Balaban J connectivity index is 2.42. The molecule has 36 heavy (non-hydrogen) atoms. The number of ether oxygens (including phenoxy) is 1. The first-order chi connectivity index (χ1) is 17.0. The second-order valence-corrected chi connectivity index (χ2v) is 11.1. The number of carbonyl (C=O) groups excluding carboxylic acids is 3. The fraction of sp³-hybridized carbons (Fsp3) is 0.679. The van der Waals surface area contributed by atoms with Crippen LogP contribution in [0.1, 0.15) is 97.2 Å². The largest absolute Gasteiger partial charge is 0.444 e. The van der Waals surface area contributed by atoms with Crippen LogP contribution in [0.25, 0.3) is 0 Å². The highest BCUT2D eigenvalue weighted by molar-refractivity contribution is 7.80. The predicted molar refractivity (Wildman–Crippen MR) is 147 cm³/mol. The number of alkyl carbamates (subject to hydrolysis) is 1. The number of amides is 3. The highest BCUT2D eigenvalue weighted by atomic mass is 32.1. The molecule has 7 nitrogen and oxygen atoms in total. The van der Waals surface area contributed by atoms with Gasteiger partial charge in [0.25, 0.3) is 0 Å². The minimum atomic E-state index is -0.933. The lowest BCUT2D eigenvalue weighted by molar-refractivity contribution is -0.145. The zero-order chi connectivity index (χ0) is 26.9. The Morgan fingerprint density at radius 3 is 2.19 bits per heavy atom.